The fourth-order valence-electron chi connectivity index (χ4n) is 0.949. The molecule has 0 saturated heterocycles. The lowest BCUT2D eigenvalue weighted by atomic mass is 10.2. The molecule has 0 aliphatic heterocycles. The Hall–Kier alpha value is -0.700. The van der Waals surface area contributed by atoms with Gasteiger partial charge in [-0.15, -0.1) is 24.0 Å². The molecule has 0 spiro atoms. The van der Waals surface area contributed by atoms with Crippen LogP contribution in [0.2, 0.25) is 5.02 Å². The van der Waals surface area contributed by atoms with Crippen LogP contribution in [0, 0.1) is 0 Å². The number of nitrogens with two attached hydrogens (primary N) is 2. The Morgan fingerprint density at radius 3 is 2.25 bits per heavy atom. The number of aliphatic imine (C=N–C) groups is 1. The van der Waals surface area contributed by atoms with E-state index in [1.165, 1.54) is 6.07 Å². The van der Waals surface area contributed by atoms with Crippen LogP contribution in [0.5, 0.6) is 0 Å². The molecule has 4 N–H and O–H groups in total. The van der Waals surface area contributed by atoms with Crippen molar-refractivity contribution in [2.75, 3.05) is 0 Å². The van der Waals surface area contributed by atoms with Crippen molar-refractivity contribution in [2.24, 2.45) is 16.5 Å². The maximum absolute atomic E-state index is 12.4. The summed E-state index contributed by atoms with van der Waals surface area (Å²) in [5, 5.41) is -0.392. The zero-order chi connectivity index (χ0) is 11.6. The third kappa shape index (κ3) is 4.05. The molecular weight excluding hydrogens is 357 g/mol. The van der Waals surface area contributed by atoms with Gasteiger partial charge >= 0.3 is 6.18 Å². The quantitative estimate of drug-likeness (QED) is 0.457. The lowest BCUT2D eigenvalue weighted by Crippen LogP contribution is -2.21. The van der Waals surface area contributed by atoms with Gasteiger partial charge in [0.05, 0.1) is 16.3 Å². The molecule has 0 bridgehead atoms. The second-order valence-corrected chi connectivity index (χ2v) is 3.11. The summed E-state index contributed by atoms with van der Waals surface area (Å²) in [5.41, 5.74) is 9.11. The molecule has 90 valence electrons. The molecule has 16 heavy (non-hydrogen) atoms. The number of halogens is 5. The summed E-state index contributed by atoms with van der Waals surface area (Å²) in [6.07, 6.45) is -4.52. The molecule has 0 radical (unpaired) electrons. The van der Waals surface area contributed by atoms with E-state index in [4.69, 9.17) is 23.1 Å². The van der Waals surface area contributed by atoms with Gasteiger partial charge in [0.1, 0.15) is 0 Å². The normalized spacial score (nSPS) is 10.5. The van der Waals surface area contributed by atoms with Crippen LogP contribution in [0.15, 0.2) is 23.2 Å². The highest BCUT2D eigenvalue weighted by Crippen LogP contribution is 2.36. The number of benzene rings is 1. The van der Waals surface area contributed by atoms with Crippen molar-refractivity contribution in [3.05, 3.63) is 28.8 Å². The predicted octanol–water partition coefficient (Wildman–Crippen LogP) is 2.88. The molecule has 0 aliphatic rings. The highest BCUT2D eigenvalue weighted by molar-refractivity contribution is 14.0. The monoisotopic (exact) mass is 365 g/mol. The van der Waals surface area contributed by atoms with E-state index in [1.807, 2.05) is 0 Å². The van der Waals surface area contributed by atoms with E-state index < -0.39 is 16.8 Å². The predicted molar refractivity (Wildman–Crippen MR) is 67.3 cm³/mol. The third-order valence-corrected chi connectivity index (χ3v) is 1.84. The lowest BCUT2D eigenvalue weighted by Gasteiger charge is -2.09. The van der Waals surface area contributed by atoms with Crippen molar-refractivity contribution in [2.45, 2.75) is 6.18 Å². The van der Waals surface area contributed by atoms with Crippen LogP contribution < -0.4 is 11.5 Å². The van der Waals surface area contributed by atoms with Gasteiger partial charge in [-0.05, 0) is 18.2 Å². The lowest BCUT2D eigenvalue weighted by molar-refractivity contribution is -0.137. The molecule has 1 aromatic rings. The second kappa shape index (κ2) is 5.58. The summed E-state index contributed by atoms with van der Waals surface area (Å²) in [6, 6.07) is 3.16. The van der Waals surface area contributed by atoms with Crippen LogP contribution in [-0.4, -0.2) is 5.96 Å². The van der Waals surface area contributed by atoms with Crippen LogP contribution in [0.25, 0.3) is 0 Å². The third-order valence-electron chi connectivity index (χ3n) is 1.51. The van der Waals surface area contributed by atoms with Gasteiger partial charge in [0.25, 0.3) is 0 Å². The molecule has 1 rings (SSSR count). The fraction of sp³-hybridized carbons (Fsp3) is 0.125. The topological polar surface area (TPSA) is 64.4 Å². The van der Waals surface area contributed by atoms with Crippen LogP contribution in [0.3, 0.4) is 0 Å². The first-order valence-electron chi connectivity index (χ1n) is 3.77. The van der Waals surface area contributed by atoms with Crippen molar-refractivity contribution in [1.82, 2.24) is 0 Å². The highest BCUT2D eigenvalue weighted by Gasteiger charge is 2.33. The van der Waals surface area contributed by atoms with Crippen LogP contribution >= 0.6 is 35.6 Å². The van der Waals surface area contributed by atoms with E-state index in [-0.39, 0.29) is 35.6 Å². The Kier molecular flexibility index (Phi) is 5.33. The van der Waals surface area contributed by atoms with Crippen molar-refractivity contribution < 1.29 is 13.2 Å². The minimum Gasteiger partial charge on any atom is -0.370 e. The van der Waals surface area contributed by atoms with Crippen LogP contribution in [0.4, 0.5) is 18.9 Å². The van der Waals surface area contributed by atoms with Gasteiger partial charge in [-0.3, -0.25) is 0 Å². The van der Waals surface area contributed by atoms with Crippen molar-refractivity contribution in [3.63, 3.8) is 0 Å². The van der Waals surface area contributed by atoms with E-state index in [9.17, 15) is 13.2 Å². The number of alkyl halides is 3. The Labute approximate surface area is 112 Å². The van der Waals surface area contributed by atoms with Gasteiger partial charge in [-0.2, -0.15) is 13.2 Å². The molecule has 1 aromatic carbocycles. The molecule has 0 heterocycles. The average Bonchev–Trinajstić information content (AvgIpc) is 2.05. The van der Waals surface area contributed by atoms with Gasteiger partial charge < -0.3 is 11.5 Å². The molecule has 0 saturated carbocycles. The Bertz CT molecular complexity index is 402. The van der Waals surface area contributed by atoms with Gasteiger partial charge in [0, 0.05) is 0 Å². The number of hydrogen-bond donors (Lipinski definition) is 2. The molecular formula is C8H8ClF3IN3. The first-order chi connectivity index (χ1) is 6.80. The Balaban J connectivity index is 0.00000225. The van der Waals surface area contributed by atoms with Crippen molar-refractivity contribution in [1.29, 1.82) is 0 Å². The zero-order valence-corrected chi connectivity index (χ0v) is 10.8. The van der Waals surface area contributed by atoms with Gasteiger partial charge in [0.15, 0.2) is 5.96 Å². The van der Waals surface area contributed by atoms with E-state index >= 15 is 0 Å². The average molecular weight is 366 g/mol. The summed E-state index contributed by atoms with van der Waals surface area (Å²) >= 11 is 5.39. The number of hydrogen-bond acceptors (Lipinski definition) is 1. The maximum atomic E-state index is 12.4. The molecule has 0 fully saturated rings. The number of nitrogens with zero attached hydrogens (tertiary/aromatic N) is 1. The minimum absolute atomic E-state index is 0. The molecule has 0 aromatic heterocycles. The summed E-state index contributed by atoms with van der Waals surface area (Å²) < 4.78 is 37.1. The first-order valence-corrected chi connectivity index (χ1v) is 4.15. The van der Waals surface area contributed by atoms with Gasteiger partial charge in [-0.1, -0.05) is 11.6 Å². The van der Waals surface area contributed by atoms with Crippen LogP contribution in [-0.2, 0) is 6.18 Å². The minimum atomic E-state index is -4.52. The summed E-state index contributed by atoms with van der Waals surface area (Å²) in [4.78, 5) is 3.49. The number of rotatable bonds is 1. The summed E-state index contributed by atoms with van der Waals surface area (Å²) in [7, 11) is 0. The molecule has 0 atom stereocenters. The molecule has 3 nitrogen and oxygen atoms in total. The zero-order valence-electron chi connectivity index (χ0n) is 7.75. The fourth-order valence-corrected chi connectivity index (χ4v) is 1.17. The van der Waals surface area contributed by atoms with Crippen molar-refractivity contribution >= 4 is 47.2 Å². The largest absolute Gasteiger partial charge is 0.417 e. The smallest absolute Gasteiger partial charge is 0.370 e. The standard InChI is InChI=1S/C8H7ClF3N3.HI/c9-6-2-1-4(15-7(13)14)3-5(6)8(10,11)12;/h1-3H,(H4,13,14,15);1H. The van der Waals surface area contributed by atoms with Gasteiger partial charge in [0.2, 0.25) is 0 Å². The molecule has 0 amide bonds. The molecule has 8 heteroatoms. The molecule has 0 unspecified atom stereocenters. The van der Waals surface area contributed by atoms with E-state index in [0.717, 1.165) is 12.1 Å². The second-order valence-electron chi connectivity index (χ2n) is 2.70. The van der Waals surface area contributed by atoms with E-state index in [1.54, 1.807) is 0 Å². The van der Waals surface area contributed by atoms with E-state index in [0.29, 0.717) is 0 Å². The Morgan fingerprint density at radius 2 is 1.81 bits per heavy atom. The summed E-state index contributed by atoms with van der Waals surface area (Å²) in [5.74, 6) is -0.314. The van der Waals surface area contributed by atoms with Crippen molar-refractivity contribution in [3.8, 4) is 0 Å². The van der Waals surface area contributed by atoms with Crippen LogP contribution in [0.1, 0.15) is 5.56 Å². The first kappa shape index (κ1) is 15.3. The Morgan fingerprint density at radius 1 is 1.25 bits per heavy atom. The highest BCUT2D eigenvalue weighted by atomic mass is 127. The molecule has 0 aliphatic carbocycles. The summed E-state index contributed by atoms with van der Waals surface area (Å²) in [6.45, 7) is 0. The SMILES string of the molecule is I.NC(N)=Nc1ccc(Cl)c(C(F)(F)F)c1. The number of guanidine groups is 1. The maximum Gasteiger partial charge on any atom is 0.417 e. The van der Waals surface area contributed by atoms with Gasteiger partial charge in [-0.25, -0.2) is 4.99 Å². The van der Waals surface area contributed by atoms with E-state index in [2.05, 4.69) is 4.99 Å².